The van der Waals surface area contributed by atoms with Crippen molar-refractivity contribution in [3.8, 4) is 0 Å². The van der Waals surface area contributed by atoms with Gasteiger partial charge in [0, 0.05) is 30.0 Å². The molecule has 0 fully saturated rings. The molecule has 2 rings (SSSR count). The molecule has 0 aliphatic rings. The lowest BCUT2D eigenvalue weighted by molar-refractivity contribution is 0.102. The molecule has 0 radical (unpaired) electrons. The van der Waals surface area contributed by atoms with E-state index in [4.69, 9.17) is 23.2 Å². The first kappa shape index (κ1) is 16.7. The number of rotatable bonds is 5. The molecule has 0 bridgehead atoms. The molecule has 0 aliphatic carbocycles. The van der Waals surface area contributed by atoms with Crippen LogP contribution in [0.25, 0.3) is 0 Å². The van der Waals surface area contributed by atoms with E-state index in [9.17, 15) is 4.79 Å². The molecule has 116 valence electrons. The van der Waals surface area contributed by atoms with Crippen molar-refractivity contribution in [2.75, 3.05) is 23.3 Å². The number of benzene rings is 2. The van der Waals surface area contributed by atoms with Crippen LogP contribution in [0.3, 0.4) is 0 Å². The Hall–Kier alpha value is -1.71. The third kappa shape index (κ3) is 3.93. The molecule has 1 N–H and O–H groups in total. The van der Waals surface area contributed by atoms with Gasteiger partial charge in [0.1, 0.15) is 0 Å². The van der Waals surface area contributed by atoms with Crippen LogP contribution in [-0.4, -0.2) is 19.0 Å². The zero-order chi connectivity index (χ0) is 16.1. The Balaban J connectivity index is 2.10. The SMILES string of the molecule is CCN(CC)c1ccc(NC(=O)c2ccc(Cl)c(Cl)c2)cc1. The standard InChI is InChI=1S/C17H18Cl2N2O/c1-3-21(4-2)14-8-6-13(7-9-14)20-17(22)12-5-10-15(18)16(19)11-12/h5-11H,3-4H2,1-2H3,(H,20,22). The largest absolute Gasteiger partial charge is 0.372 e. The number of halogens is 2. The summed E-state index contributed by atoms with van der Waals surface area (Å²) in [6.45, 7) is 6.13. The van der Waals surface area contributed by atoms with Gasteiger partial charge < -0.3 is 10.2 Å². The minimum Gasteiger partial charge on any atom is -0.372 e. The Bertz CT molecular complexity index is 652. The van der Waals surface area contributed by atoms with Gasteiger partial charge in [0.05, 0.1) is 10.0 Å². The van der Waals surface area contributed by atoms with Crippen LogP contribution in [0.1, 0.15) is 24.2 Å². The molecule has 5 heteroatoms. The first-order valence-corrected chi connectivity index (χ1v) is 7.92. The minimum atomic E-state index is -0.214. The molecule has 1 amide bonds. The molecule has 0 aliphatic heterocycles. The molecule has 0 saturated carbocycles. The molecule has 2 aromatic carbocycles. The number of anilines is 2. The van der Waals surface area contributed by atoms with Gasteiger partial charge in [-0.3, -0.25) is 4.79 Å². The van der Waals surface area contributed by atoms with E-state index in [-0.39, 0.29) is 5.91 Å². The highest BCUT2D eigenvalue weighted by Gasteiger charge is 2.09. The lowest BCUT2D eigenvalue weighted by Crippen LogP contribution is -2.21. The van der Waals surface area contributed by atoms with Crippen molar-refractivity contribution in [3.05, 3.63) is 58.1 Å². The molecule has 0 aromatic heterocycles. The number of nitrogens with zero attached hydrogens (tertiary/aromatic N) is 1. The van der Waals surface area contributed by atoms with Gasteiger partial charge in [0.2, 0.25) is 0 Å². The first-order chi connectivity index (χ1) is 10.5. The normalized spacial score (nSPS) is 10.4. The highest BCUT2D eigenvalue weighted by atomic mass is 35.5. The van der Waals surface area contributed by atoms with E-state index >= 15 is 0 Å². The van der Waals surface area contributed by atoms with Crippen LogP contribution < -0.4 is 10.2 Å². The molecule has 0 unspecified atom stereocenters. The Morgan fingerprint density at radius 1 is 1.00 bits per heavy atom. The van der Waals surface area contributed by atoms with Crippen molar-refractivity contribution in [2.24, 2.45) is 0 Å². The van der Waals surface area contributed by atoms with Crippen molar-refractivity contribution >= 4 is 40.5 Å². The summed E-state index contributed by atoms with van der Waals surface area (Å²) >= 11 is 11.8. The maximum absolute atomic E-state index is 12.2. The average molecular weight is 337 g/mol. The van der Waals surface area contributed by atoms with E-state index in [1.54, 1.807) is 18.2 Å². The molecule has 0 spiro atoms. The van der Waals surface area contributed by atoms with E-state index in [0.29, 0.717) is 15.6 Å². The van der Waals surface area contributed by atoms with Crippen molar-refractivity contribution in [2.45, 2.75) is 13.8 Å². The molecule has 0 heterocycles. The van der Waals surface area contributed by atoms with E-state index < -0.39 is 0 Å². The van der Waals surface area contributed by atoms with Gasteiger partial charge in [-0.1, -0.05) is 23.2 Å². The second kappa shape index (κ2) is 7.52. The molecule has 2 aromatic rings. The molecular weight excluding hydrogens is 319 g/mol. The molecule has 0 saturated heterocycles. The van der Waals surface area contributed by atoms with E-state index in [0.717, 1.165) is 24.5 Å². The van der Waals surface area contributed by atoms with Crippen molar-refractivity contribution in [1.82, 2.24) is 0 Å². The van der Waals surface area contributed by atoms with E-state index in [1.165, 1.54) is 0 Å². The predicted molar refractivity (Wildman–Crippen MR) is 94.4 cm³/mol. The van der Waals surface area contributed by atoms with Crippen LogP contribution >= 0.6 is 23.2 Å². The fourth-order valence-corrected chi connectivity index (χ4v) is 2.48. The van der Waals surface area contributed by atoms with Crippen LogP contribution in [0.4, 0.5) is 11.4 Å². The molecule has 0 atom stereocenters. The van der Waals surface area contributed by atoms with Crippen LogP contribution in [0.2, 0.25) is 10.0 Å². The smallest absolute Gasteiger partial charge is 0.255 e. The first-order valence-electron chi connectivity index (χ1n) is 7.16. The summed E-state index contributed by atoms with van der Waals surface area (Å²) in [5, 5.41) is 3.65. The number of amides is 1. The van der Waals surface area contributed by atoms with Gasteiger partial charge in [-0.25, -0.2) is 0 Å². The Kier molecular flexibility index (Phi) is 5.69. The molecule has 22 heavy (non-hydrogen) atoms. The summed E-state index contributed by atoms with van der Waals surface area (Å²) < 4.78 is 0. The van der Waals surface area contributed by atoms with Crippen LogP contribution in [-0.2, 0) is 0 Å². The van der Waals surface area contributed by atoms with Gasteiger partial charge in [-0.15, -0.1) is 0 Å². The number of carbonyl (C=O) groups excluding carboxylic acids is 1. The molecular formula is C17H18Cl2N2O. The zero-order valence-electron chi connectivity index (χ0n) is 12.6. The van der Waals surface area contributed by atoms with Crippen molar-refractivity contribution in [1.29, 1.82) is 0 Å². The summed E-state index contributed by atoms with van der Waals surface area (Å²) in [6.07, 6.45) is 0. The fraction of sp³-hybridized carbons (Fsp3) is 0.235. The van der Waals surface area contributed by atoms with E-state index in [2.05, 4.69) is 24.1 Å². The van der Waals surface area contributed by atoms with Gasteiger partial charge in [-0.05, 0) is 56.3 Å². The highest BCUT2D eigenvalue weighted by molar-refractivity contribution is 6.42. The lowest BCUT2D eigenvalue weighted by Gasteiger charge is -2.21. The summed E-state index contributed by atoms with van der Waals surface area (Å²) in [7, 11) is 0. The van der Waals surface area contributed by atoms with Crippen molar-refractivity contribution < 1.29 is 4.79 Å². The quantitative estimate of drug-likeness (QED) is 0.824. The fourth-order valence-electron chi connectivity index (χ4n) is 2.18. The number of nitrogens with one attached hydrogen (secondary N) is 1. The van der Waals surface area contributed by atoms with Crippen molar-refractivity contribution in [3.63, 3.8) is 0 Å². The Morgan fingerprint density at radius 2 is 1.64 bits per heavy atom. The zero-order valence-corrected chi connectivity index (χ0v) is 14.1. The molecule has 3 nitrogen and oxygen atoms in total. The van der Waals surface area contributed by atoms with E-state index in [1.807, 2.05) is 24.3 Å². The summed E-state index contributed by atoms with van der Waals surface area (Å²) in [5.74, 6) is -0.214. The third-order valence-corrected chi connectivity index (χ3v) is 4.17. The van der Waals surface area contributed by atoms with Gasteiger partial charge in [0.15, 0.2) is 0 Å². The maximum atomic E-state index is 12.2. The topological polar surface area (TPSA) is 32.3 Å². The maximum Gasteiger partial charge on any atom is 0.255 e. The summed E-state index contributed by atoms with van der Waals surface area (Å²) in [5.41, 5.74) is 2.35. The monoisotopic (exact) mass is 336 g/mol. The summed E-state index contributed by atoms with van der Waals surface area (Å²) in [6, 6.07) is 12.6. The lowest BCUT2D eigenvalue weighted by atomic mass is 10.2. The number of hydrogen-bond donors (Lipinski definition) is 1. The van der Waals surface area contributed by atoms with Gasteiger partial charge in [0.25, 0.3) is 5.91 Å². The second-order valence-corrected chi connectivity index (χ2v) is 5.62. The summed E-state index contributed by atoms with van der Waals surface area (Å²) in [4.78, 5) is 14.4. The number of carbonyl (C=O) groups is 1. The Labute approximate surface area is 140 Å². The minimum absolute atomic E-state index is 0.214. The second-order valence-electron chi connectivity index (χ2n) is 4.80. The van der Waals surface area contributed by atoms with Gasteiger partial charge >= 0.3 is 0 Å². The van der Waals surface area contributed by atoms with Gasteiger partial charge in [-0.2, -0.15) is 0 Å². The average Bonchev–Trinajstić information content (AvgIpc) is 2.52. The van der Waals surface area contributed by atoms with Crippen LogP contribution in [0.5, 0.6) is 0 Å². The third-order valence-electron chi connectivity index (χ3n) is 3.44. The Morgan fingerprint density at radius 3 is 2.18 bits per heavy atom. The van der Waals surface area contributed by atoms with Crippen LogP contribution in [0, 0.1) is 0 Å². The highest BCUT2D eigenvalue weighted by Crippen LogP contribution is 2.23. The number of hydrogen-bond acceptors (Lipinski definition) is 2. The predicted octanol–water partition coefficient (Wildman–Crippen LogP) is 5.09. The van der Waals surface area contributed by atoms with Crippen LogP contribution in [0.15, 0.2) is 42.5 Å².